The van der Waals surface area contributed by atoms with Crippen LogP contribution in [0.15, 0.2) is 23.1 Å². The van der Waals surface area contributed by atoms with Crippen LogP contribution in [0.4, 0.5) is 11.4 Å². The van der Waals surface area contributed by atoms with Crippen molar-refractivity contribution in [2.24, 2.45) is 0 Å². The summed E-state index contributed by atoms with van der Waals surface area (Å²) in [6.07, 6.45) is 5.16. The summed E-state index contributed by atoms with van der Waals surface area (Å²) in [6.45, 7) is 0.669. The van der Waals surface area contributed by atoms with E-state index in [2.05, 4.69) is 11.2 Å². The van der Waals surface area contributed by atoms with Crippen molar-refractivity contribution >= 4 is 33.2 Å². The maximum atomic E-state index is 12.0. The topological polar surface area (TPSA) is 75.4 Å². The van der Waals surface area contributed by atoms with Crippen molar-refractivity contribution in [2.75, 3.05) is 43.2 Å². The maximum Gasteiger partial charge on any atom is 0.242 e. The molecule has 0 aliphatic carbocycles. The average Bonchev–Trinajstić information content (AvgIpc) is 2.40. The largest absolute Gasteiger partial charge is 0.397 e. The number of benzene rings is 1. The number of thioether (sulfide) groups is 1. The molecule has 1 aromatic carbocycles. The van der Waals surface area contributed by atoms with E-state index in [9.17, 15) is 8.42 Å². The standard InChI is InChI=1S/C13H19N3O2S2/c1-4-8-19-9-7-15-13-10-11(5-6-12(13)14)20(17,18)16(2)3/h1,5-6,10,15H,7-9,14H2,2-3H3. The van der Waals surface area contributed by atoms with E-state index in [-0.39, 0.29) is 4.90 Å². The fourth-order valence-electron chi connectivity index (χ4n) is 1.45. The summed E-state index contributed by atoms with van der Waals surface area (Å²) >= 11 is 1.63. The summed E-state index contributed by atoms with van der Waals surface area (Å²) in [5.41, 5.74) is 6.98. The van der Waals surface area contributed by atoms with Gasteiger partial charge in [-0.3, -0.25) is 0 Å². The molecule has 1 rings (SSSR count). The number of nitrogens with two attached hydrogens (primary N) is 1. The van der Waals surface area contributed by atoms with Gasteiger partial charge in [-0.15, -0.1) is 18.2 Å². The number of anilines is 2. The second-order valence-corrected chi connectivity index (χ2v) is 7.48. The van der Waals surface area contributed by atoms with E-state index in [1.54, 1.807) is 23.9 Å². The molecule has 110 valence electrons. The molecular formula is C13H19N3O2S2. The molecule has 5 nitrogen and oxygen atoms in total. The third-order valence-electron chi connectivity index (χ3n) is 2.55. The summed E-state index contributed by atoms with van der Waals surface area (Å²) in [6, 6.07) is 4.65. The van der Waals surface area contributed by atoms with Crippen LogP contribution in [0.5, 0.6) is 0 Å². The van der Waals surface area contributed by atoms with E-state index in [0.29, 0.717) is 23.7 Å². The number of sulfonamides is 1. The van der Waals surface area contributed by atoms with Crippen LogP contribution in [0, 0.1) is 12.3 Å². The van der Waals surface area contributed by atoms with E-state index >= 15 is 0 Å². The quantitative estimate of drug-likeness (QED) is 0.451. The first-order valence-corrected chi connectivity index (χ1v) is 8.56. The lowest BCUT2D eigenvalue weighted by Crippen LogP contribution is -2.22. The van der Waals surface area contributed by atoms with Gasteiger partial charge in [0, 0.05) is 26.4 Å². The highest BCUT2D eigenvalue weighted by molar-refractivity contribution is 7.99. The van der Waals surface area contributed by atoms with Crippen LogP contribution in [-0.2, 0) is 10.0 Å². The first-order chi connectivity index (χ1) is 9.39. The number of nitrogen functional groups attached to an aromatic ring is 1. The lowest BCUT2D eigenvalue weighted by molar-refractivity contribution is 0.521. The molecular weight excluding hydrogens is 294 g/mol. The Hall–Kier alpha value is -1.36. The summed E-state index contributed by atoms with van der Waals surface area (Å²) in [5, 5.41) is 3.13. The van der Waals surface area contributed by atoms with Crippen LogP contribution in [-0.4, -0.2) is 44.9 Å². The van der Waals surface area contributed by atoms with Gasteiger partial charge >= 0.3 is 0 Å². The normalized spacial score (nSPS) is 11.3. The summed E-state index contributed by atoms with van der Waals surface area (Å²) in [7, 11) is -0.459. The first-order valence-electron chi connectivity index (χ1n) is 5.96. The minimum absolute atomic E-state index is 0.218. The van der Waals surface area contributed by atoms with Crippen molar-refractivity contribution in [3.63, 3.8) is 0 Å². The molecule has 0 spiro atoms. The van der Waals surface area contributed by atoms with Crippen molar-refractivity contribution in [1.82, 2.24) is 4.31 Å². The molecule has 0 saturated carbocycles. The molecule has 0 radical (unpaired) electrons. The molecule has 0 atom stereocenters. The van der Waals surface area contributed by atoms with Gasteiger partial charge in [0.15, 0.2) is 0 Å². The molecule has 0 heterocycles. The molecule has 3 N–H and O–H groups in total. The molecule has 1 aromatic rings. The minimum Gasteiger partial charge on any atom is -0.397 e. The number of nitrogens with zero attached hydrogens (tertiary/aromatic N) is 1. The molecule has 0 bridgehead atoms. The molecule has 0 fully saturated rings. The average molecular weight is 313 g/mol. The fraction of sp³-hybridized carbons (Fsp3) is 0.385. The maximum absolute atomic E-state index is 12.0. The lowest BCUT2D eigenvalue weighted by atomic mass is 10.2. The van der Waals surface area contributed by atoms with E-state index in [1.807, 2.05) is 0 Å². The Morgan fingerprint density at radius 2 is 2.15 bits per heavy atom. The van der Waals surface area contributed by atoms with Crippen molar-refractivity contribution in [3.8, 4) is 12.3 Å². The minimum atomic E-state index is -3.45. The van der Waals surface area contributed by atoms with E-state index < -0.39 is 10.0 Å². The number of hydrogen-bond acceptors (Lipinski definition) is 5. The van der Waals surface area contributed by atoms with Gasteiger partial charge in [-0.05, 0) is 18.2 Å². The van der Waals surface area contributed by atoms with Crippen LogP contribution in [0.25, 0.3) is 0 Å². The van der Waals surface area contributed by atoms with E-state index in [4.69, 9.17) is 12.2 Å². The second-order valence-electron chi connectivity index (χ2n) is 4.22. The van der Waals surface area contributed by atoms with Crippen molar-refractivity contribution in [3.05, 3.63) is 18.2 Å². The van der Waals surface area contributed by atoms with Gasteiger partial charge in [-0.2, -0.15) is 0 Å². The molecule has 0 saturated heterocycles. The van der Waals surface area contributed by atoms with Crippen LogP contribution in [0.2, 0.25) is 0 Å². The van der Waals surface area contributed by atoms with Crippen molar-refractivity contribution in [2.45, 2.75) is 4.90 Å². The second kappa shape index (κ2) is 7.43. The SMILES string of the molecule is C#CCSCCNc1cc(S(=O)(=O)N(C)C)ccc1N. The lowest BCUT2D eigenvalue weighted by Gasteiger charge is -2.14. The monoisotopic (exact) mass is 313 g/mol. The van der Waals surface area contributed by atoms with Gasteiger partial charge in [0.1, 0.15) is 0 Å². The first kappa shape index (κ1) is 16.7. The Morgan fingerprint density at radius 3 is 2.75 bits per heavy atom. The summed E-state index contributed by atoms with van der Waals surface area (Å²) < 4.78 is 25.3. The molecule has 20 heavy (non-hydrogen) atoms. The van der Waals surface area contributed by atoms with Gasteiger partial charge in [0.05, 0.1) is 22.0 Å². The number of terminal acetylenes is 1. The smallest absolute Gasteiger partial charge is 0.242 e. The predicted molar refractivity (Wildman–Crippen MR) is 86.4 cm³/mol. The van der Waals surface area contributed by atoms with Crippen LogP contribution < -0.4 is 11.1 Å². The van der Waals surface area contributed by atoms with Gasteiger partial charge in [0.2, 0.25) is 10.0 Å². The number of rotatable bonds is 7. The third kappa shape index (κ3) is 4.34. The summed E-state index contributed by atoms with van der Waals surface area (Å²) in [5.74, 6) is 4.03. The zero-order valence-electron chi connectivity index (χ0n) is 11.6. The fourth-order valence-corrected chi connectivity index (χ4v) is 2.89. The Labute approximate surface area is 125 Å². The number of hydrogen-bond donors (Lipinski definition) is 2. The van der Waals surface area contributed by atoms with Gasteiger partial charge < -0.3 is 11.1 Å². The van der Waals surface area contributed by atoms with Crippen molar-refractivity contribution in [1.29, 1.82) is 0 Å². The molecule has 0 unspecified atom stereocenters. The highest BCUT2D eigenvalue weighted by Crippen LogP contribution is 2.24. The van der Waals surface area contributed by atoms with Crippen molar-refractivity contribution < 1.29 is 8.42 Å². The highest BCUT2D eigenvalue weighted by atomic mass is 32.2. The van der Waals surface area contributed by atoms with E-state index in [0.717, 1.165) is 5.75 Å². The van der Waals surface area contributed by atoms with Gasteiger partial charge in [0.25, 0.3) is 0 Å². The predicted octanol–water partition coefficient (Wildman–Crippen LogP) is 1.30. The van der Waals surface area contributed by atoms with Gasteiger partial charge in [-0.25, -0.2) is 12.7 Å². The van der Waals surface area contributed by atoms with Gasteiger partial charge in [-0.1, -0.05) is 5.92 Å². The molecule has 0 amide bonds. The number of nitrogens with one attached hydrogen (secondary N) is 1. The van der Waals surface area contributed by atoms with Crippen LogP contribution in [0.1, 0.15) is 0 Å². The Balaban J connectivity index is 2.80. The molecule has 0 aliphatic heterocycles. The Bertz CT molecular complexity index is 592. The molecule has 0 aliphatic rings. The Morgan fingerprint density at radius 1 is 1.45 bits per heavy atom. The van der Waals surface area contributed by atoms with E-state index in [1.165, 1.54) is 24.5 Å². The van der Waals surface area contributed by atoms with Crippen LogP contribution >= 0.6 is 11.8 Å². The van der Waals surface area contributed by atoms with Crippen LogP contribution in [0.3, 0.4) is 0 Å². The highest BCUT2D eigenvalue weighted by Gasteiger charge is 2.18. The summed E-state index contributed by atoms with van der Waals surface area (Å²) in [4.78, 5) is 0.218. The third-order valence-corrected chi connectivity index (χ3v) is 5.23. The Kier molecular flexibility index (Phi) is 6.20. The molecule has 7 heteroatoms. The molecule has 0 aromatic heterocycles. The zero-order valence-corrected chi connectivity index (χ0v) is 13.2. The zero-order chi connectivity index (χ0) is 15.2.